The lowest BCUT2D eigenvalue weighted by atomic mass is 10.2. The van der Waals surface area contributed by atoms with Crippen molar-refractivity contribution in [1.82, 2.24) is 15.1 Å². The molecule has 5 nitrogen and oxygen atoms in total. The lowest BCUT2D eigenvalue weighted by Gasteiger charge is -2.14. The van der Waals surface area contributed by atoms with E-state index in [-0.39, 0.29) is 5.69 Å². The van der Waals surface area contributed by atoms with Gasteiger partial charge in [0.2, 0.25) is 0 Å². The van der Waals surface area contributed by atoms with E-state index in [2.05, 4.69) is 10.2 Å². The number of benzene rings is 1. The number of nitrogens with two attached hydrogens (primary N) is 1. The minimum absolute atomic E-state index is 0.0976. The highest BCUT2D eigenvalue weighted by Gasteiger charge is 2.20. The fourth-order valence-electron chi connectivity index (χ4n) is 1.67. The Morgan fingerprint density at radius 2 is 2.28 bits per heavy atom. The second-order valence-corrected chi connectivity index (χ2v) is 3.95. The fraction of sp³-hybridized carbons (Fsp3) is 0.273. The van der Waals surface area contributed by atoms with E-state index in [1.165, 1.54) is 7.05 Å². The molecule has 0 atom stereocenters. The molecule has 7 heteroatoms. The molecule has 0 saturated carbocycles. The number of nitrogen functional groups attached to an aromatic ring is 1. The van der Waals surface area contributed by atoms with Crippen LogP contribution in [-0.2, 0) is 0 Å². The monoisotopic (exact) mass is 254 g/mol. The third-order valence-electron chi connectivity index (χ3n) is 2.55. The summed E-state index contributed by atoms with van der Waals surface area (Å²) in [7, 11) is 1.31. The first-order chi connectivity index (χ1) is 8.49. The highest BCUT2D eigenvalue weighted by Crippen LogP contribution is 2.20. The van der Waals surface area contributed by atoms with Crippen molar-refractivity contribution in [2.24, 2.45) is 0 Å². The zero-order valence-corrected chi connectivity index (χ0v) is 9.65. The largest absolute Gasteiger partial charge is 0.399 e. The Hall–Kier alpha value is -2.18. The van der Waals surface area contributed by atoms with Crippen LogP contribution in [0.5, 0.6) is 0 Å². The maximum Gasteiger partial charge on any atom is 0.274 e. The number of anilines is 1. The summed E-state index contributed by atoms with van der Waals surface area (Å²) in [5, 5.41) is 7.04. The molecule has 0 unspecified atom stereocenters. The van der Waals surface area contributed by atoms with E-state index in [0.29, 0.717) is 16.6 Å². The van der Waals surface area contributed by atoms with Gasteiger partial charge >= 0.3 is 0 Å². The molecule has 0 fully saturated rings. The van der Waals surface area contributed by atoms with Crippen molar-refractivity contribution in [3.8, 4) is 0 Å². The molecule has 0 saturated heterocycles. The first-order valence-electron chi connectivity index (χ1n) is 5.26. The van der Waals surface area contributed by atoms with Gasteiger partial charge in [0.1, 0.15) is 0 Å². The van der Waals surface area contributed by atoms with Gasteiger partial charge in [0.15, 0.2) is 5.69 Å². The van der Waals surface area contributed by atoms with E-state index < -0.39 is 18.9 Å². The predicted molar refractivity (Wildman–Crippen MR) is 63.5 cm³/mol. The van der Waals surface area contributed by atoms with Gasteiger partial charge in [-0.2, -0.15) is 5.10 Å². The number of nitrogens with one attached hydrogen (secondary N) is 1. The Balaban J connectivity index is 2.36. The molecular formula is C11H12F2N4O. The highest BCUT2D eigenvalue weighted by atomic mass is 19.3. The first kappa shape index (κ1) is 12.3. The lowest BCUT2D eigenvalue weighted by molar-refractivity contribution is 0.0617. The van der Waals surface area contributed by atoms with Crippen LogP contribution >= 0.6 is 0 Å². The van der Waals surface area contributed by atoms with E-state index in [9.17, 15) is 13.6 Å². The maximum atomic E-state index is 12.2. The van der Waals surface area contributed by atoms with Gasteiger partial charge in [-0.25, -0.2) is 8.78 Å². The lowest BCUT2D eigenvalue weighted by Crippen LogP contribution is -2.31. The molecule has 1 aromatic heterocycles. The Labute approximate surface area is 102 Å². The number of alkyl halides is 2. The number of fused-ring (bicyclic) bond motifs is 1. The van der Waals surface area contributed by atoms with Gasteiger partial charge in [0, 0.05) is 18.1 Å². The summed E-state index contributed by atoms with van der Waals surface area (Å²) >= 11 is 0. The average Bonchev–Trinajstić information content (AvgIpc) is 2.69. The van der Waals surface area contributed by atoms with Gasteiger partial charge in [0.05, 0.1) is 12.1 Å². The average molecular weight is 254 g/mol. The van der Waals surface area contributed by atoms with E-state index in [1.807, 2.05) is 0 Å². The standard InChI is InChI=1S/C11H12F2N4O/c1-17(5-9(12)13)11(18)10-7-4-6(14)2-3-8(7)15-16-10/h2-4,9H,5,14H2,1H3,(H,15,16). The zero-order chi connectivity index (χ0) is 13.3. The topological polar surface area (TPSA) is 75.0 Å². The zero-order valence-electron chi connectivity index (χ0n) is 9.65. The molecule has 1 heterocycles. The molecule has 0 aliphatic rings. The van der Waals surface area contributed by atoms with Crippen LogP contribution in [-0.4, -0.2) is 41.0 Å². The molecule has 0 aliphatic carbocycles. The summed E-state index contributed by atoms with van der Waals surface area (Å²) in [4.78, 5) is 12.9. The van der Waals surface area contributed by atoms with E-state index in [0.717, 1.165) is 4.90 Å². The number of nitrogens with zero attached hydrogens (tertiary/aromatic N) is 2. The Bertz CT molecular complexity index is 581. The summed E-state index contributed by atoms with van der Waals surface area (Å²) in [5.41, 5.74) is 6.84. The molecule has 3 N–H and O–H groups in total. The number of halogens is 2. The number of H-pyrrole nitrogens is 1. The van der Waals surface area contributed by atoms with Gasteiger partial charge < -0.3 is 10.6 Å². The van der Waals surface area contributed by atoms with Crippen LogP contribution in [0, 0.1) is 0 Å². The van der Waals surface area contributed by atoms with Crippen molar-refractivity contribution in [2.75, 3.05) is 19.3 Å². The number of hydrogen-bond donors (Lipinski definition) is 2. The number of hydrogen-bond acceptors (Lipinski definition) is 3. The van der Waals surface area contributed by atoms with Crippen LogP contribution in [0.2, 0.25) is 0 Å². The Kier molecular flexibility index (Phi) is 3.14. The summed E-state index contributed by atoms with van der Waals surface area (Å²) in [6.45, 7) is -0.629. The van der Waals surface area contributed by atoms with E-state index >= 15 is 0 Å². The number of carbonyl (C=O) groups excluding carboxylic acids is 1. The second-order valence-electron chi connectivity index (χ2n) is 3.95. The molecule has 0 aliphatic heterocycles. The van der Waals surface area contributed by atoms with Crippen molar-refractivity contribution >= 4 is 22.5 Å². The molecule has 2 aromatic rings. The smallest absolute Gasteiger partial charge is 0.274 e. The summed E-state index contributed by atoms with van der Waals surface area (Å²) in [6, 6.07) is 4.93. The van der Waals surface area contributed by atoms with Gasteiger partial charge in [-0.3, -0.25) is 9.89 Å². The Morgan fingerprint density at radius 1 is 1.56 bits per heavy atom. The molecule has 0 spiro atoms. The van der Waals surface area contributed by atoms with Crippen LogP contribution in [0.15, 0.2) is 18.2 Å². The second kappa shape index (κ2) is 4.59. The number of rotatable bonds is 3. The molecule has 0 radical (unpaired) electrons. The van der Waals surface area contributed by atoms with Gasteiger partial charge in [0.25, 0.3) is 12.3 Å². The molecule has 2 rings (SSSR count). The van der Waals surface area contributed by atoms with E-state index in [4.69, 9.17) is 5.73 Å². The fourth-order valence-corrected chi connectivity index (χ4v) is 1.67. The van der Waals surface area contributed by atoms with Gasteiger partial charge in [-0.1, -0.05) is 0 Å². The quantitative estimate of drug-likeness (QED) is 0.815. The normalized spacial score (nSPS) is 11.1. The summed E-state index contributed by atoms with van der Waals surface area (Å²) in [6.07, 6.45) is -2.57. The third kappa shape index (κ3) is 2.24. The SMILES string of the molecule is CN(CC(F)F)C(=O)c1n[nH]c2ccc(N)cc12. The number of aromatic nitrogens is 2. The van der Waals surface area contributed by atoms with Crippen molar-refractivity contribution in [3.05, 3.63) is 23.9 Å². The Morgan fingerprint density at radius 3 is 2.94 bits per heavy atom. The number of carbonyl (C=O) groups is 1. The van der Waals surface area contributed by atoms with Crippen LogP contribution in [0.3, 0.4) is 0 Å². The number of aromatic amines is 1. The van der Waals surface area contributed by atoms with Crippen LogP contribution in [0.1, 0.15) is 10.5 Å². The molecule has 0 bridgehead atoms. The summed E-state index contributed by atoms with van der Waals surface area (Å²) in [5.74, 6) is -0.563. The molecule has 1 amide bonds. The van der Waals surface area contributed by atoms with Crippen molar-refractivity contribution < 1.29 is 13.6 Å². The van der Waals surface area contributed by atoms with Crippen LogP contribution in [0.4, 0.5) is 14.5 Å². The first-order valence-corrected chi connectivity index (χ1v) is 5.26. The molecule has 18 heavy (non-hydrogen) atoms. The number of amides is 1. The van der Waals surface area contributed by atoms with Crippen molar-refractivity contribution in [3.63, 3.8) is 0 Å². The maximum absolute atomic E-state index is 12.2. The van der Waals surface area contributed by atoms with Gasteiger partial charge in [-0.05, 0) is 18.2 Å². The minimum atomic E-state index is -2.57. The van der Waals surface area contributed by atoms with Crippen LogP contribution in [0.25, 0.3) is 10.9 Å². The van der Waals surface area contributed by atoms with E-state index in [1.54, 1.807) is 18.2 Å². The summed E-state index contributed by atoms with van der Waals surface area (Å²) < 4.78 is 24.4. The highest BCUT2D eigenvalue weighted by molar-refractivity contribution is 6.05. The minimum Gasteiger partial charge on any atom is -0.399 e. The third-order valence-corrected chi connectivity index (χ3v) is 2.55. The molecule has 1 aromatic carbocycles. The van der Waals surface area contributed by atoms with Crippen molar-refractivity contribution in [2.45, 2.75) is 6.43 Å². The van der Waals surface area contributed by atoms with Crippen LogP contribution < -0.4 is 5.73 Å². The predicted octanol–water partition coefficient (Wildman–Crippen LogP) is 1.48. The van der Waals surface area contributed by atoms with Gasteiger partial charge in [-0.15, -0.1) is 0 Å². The molecule has 96 valence electrons. The molecular weight excluding hydrogens is 242 g/mol. The van der Waals surface area contributed by atoms with Crippen molar-refractivity contribution in [1.29, 1.82) is 0 Å².